The topological polar surface area (TPSA) is 46.4 Å². The third-order valence-electron chi connectivity index (χ3n) is 3.69. The Balaban J connectivity index is 1.61. The monoisotopic (exact) mass is 371 g/mol. The maximum absolute atomic E-state index is 13.1. The van der Waals surface area contributed by atoms with Crippen LogP contribution >= 0.6 is 22.9 Å². The number of hydrogen-bond donors (Lipinski definition) is 1. The van der Waals surface area contributed by atoms with Crippen LogP contribution < -0.4 is 5.32 Å². The fourth-order valence-electron chi connectivity index (χ4n) is 2.49. The molecule has 2 aromatic carbocycles. The van der Waals surface area contributed by atoms with Gasteiger partial charge in [-0.1, -0.05) is 23.7 Å². The van der Waals surface area contributed by atoms with Crippen LogP contribution in [-0.2, 0) is 0 Å². The van der Waals surface area contributed by atoms with Crippen molar-refractivity contribution >= 4 is 39.5 Å². The van der Waals surface area contributed by atoms with Crippen molar-refractivity contribution in [1.29, 1.82) is 0 Å². The molecular weight excluding hydrogens is 361 g/mol. The normalized spacial score (nSPS) is 11.0. The molecule has 4 nitrogen and oxygen atoms in total. The highest BCUT2D eigenvalue weighted by Gasteiger charge is 2.12. The first kappa shape index (κ1) is 15.8. The summed E-state index contributed by atoms with van der Waals surface area (Å²) in [5.74, 6) is -0.878. The van der Waals surface area contributed by atoms with E-state index in [1.807, 2.05) is 40.4 Å². The lowest BCUT2D eigenvalue weighted by atomic mass is 10.1. The predicted molar refractivity (Wildman–Crippen MR) is 97.9 cm³/mol. The summed E-state index contributed by atoms with van der Waals surface area (Å²) < 4.78 is 15.1. The number of aromatic nitrogens is 2. The molecular formula is C18H11ClFN3OS. The van der Waals surface area contributed by atoms with E-state index >= 15 is 0 Å². The Bertz CT molecular complexity index is 1060. The number of nitrogens with one attached hydrogen (secondary N) is 1. The molecule has 2 aromatic heterocycles. The summed E-state index contributed by atoms with van der Waals surface area (Å²) in [6.07, 6.45) is 3.88. The smallest absolute Gasteiger partial charge is 0.257 e. The van der Waals surface area contributed by atoms with Gasteiger partial charge >= 0.3 is 0 Å². The average Bonchev–Trinajstić information content (AvgIpc) is 3.16. The molecule has 4 rings (SSSR count). The van der Waals surface area contributed by atoms with E-state index in [0.717, 1.165) is 22.3 Å². The molecule has 0 aliphatic rings. The summed E-state index contributed by atoms with van der Waals surface area (Å²) in [7, 11) is 0. The summed E-state index contributed by atoms with van der Waals surface area (Å²) in [4.78, 5) is 17.8. The van der Waals surface area contributed by atoms with Crippen LogP contribution in [0.2, 0.25) is 5.02 Å². The molecule has 0 bridgehead atoms. The Labute approximate surface area is 151 Å². The van der Waals surface area contributed by atoms with Gasteiger partial charge in [0.25, 0.3) is 5.91 Å². The molecule has 0 unspecified atom stereocenters. The molecule has 4 aromatic rings. The maximum Gasteiger partial charge on any atom is 0.257 e. The Kier molecular flexibility index (Phi) is 3.99. The standard InChI is InChI=1S/C18H11ClFN3OS/c19-15-9-12(20)4-5-14(15)17(24)21-13-3-1-2-11(8-13)16-10-23-6-7-25-18(23)22-16/h1-10H,(H,21,24). The number of anilines is 1. The van der Waals surface area contributed by atoms with E-state index in [9.17, 15) is 9.18 Å². The van der Waals surface area contributed by atoms with Gasteiger partial charge in [-0.25, -0.2) is 9.37 Å². The van der Waals surface area contributed by atoms with E-state index in [0.29, 0.717) is 5.69 Å². The molecule has 0 atom stereocenters. The van der Waals surface area contributed by atoms with Crippen molar-refractivity contribution in [3.8, 4) is 11.3 Å². The van der Waals surface area contributed by atoms with Crippen molar-refractivity contribution in [2.75, 3.05) is 5.32 Å². The van der Waals surface area contributed by atoms with Crippen molar-refractivity contribution in [2.45, 2.75) is 0 Å². The number of carbonyl (C=O) groups is 1. The van der Waals surface area contributed by atoms with Gasteiger partial charge < -0.3 is 5.32 Å². The first-order valence-electron chi connectivity index (χ1n) is 7.39. The quantitative estimate of drug-likeness (QED) is 0.544. The Hall–Kier alpha value is -2.70. The highest BCUT2D eigenvalue weighted by molar-refractivity contribution is 7.15. The van der Waals surface area contributed by atoms with Gasteiger partial charge in [0, 0.05) is 29.0 Å². The van der Waals surface area contributed by atoms with E-state index in [4.69, 9.17) is 11.6 Å². The number of amides is 1. The second-order valence-corrected chi connectivity index (χ2v) is 6.66. The lowest BCUT2D eigenvalue weighted by Gasteiger charge is -2.08. The summed E-state index contributed by atoms with van der Waals surface area (Å²) >= 11 is 7.49. The minimum Gasteiger partial charge on any atom is -0.322 e. The number of benzene rings is 2. The molecule has 1 N–H and O–H groups in total. The van der Waals surface area contributed by atoms with Crippen molar-refractivity contribution in [3.63, 3.8) is 0 Å². The molecule has 0 aliphatic carbocycles. The van der Waals surface area contributed by atoms with E-state index in [1.54, 1.807) is 17.4 Å². The number of hydrogen-bond acceptors (Lipinski definition) is 3. The van der Waals surface area contributed by atoms with E-state index in [-0.39, 0.29) is 10.6 Å². The Morgan fingerprint density at radius 2 is 2.12 bits per heavy atom. The number of imidazole rings is 1. The predicted octanol–water partition coefficient (Wildman–Crippen LogP) is 5.11. The van der Waals surface area contributed by atoms with Crippen LogP contribution in [0.15, 0.2) is 60.2 Å². The molecule has 2 heterocycles. The molecule has 7 heteroatoms. The summed E-state index contributed by atoms with van der Waals surface area (Å²) in [6, 6.07) is 11.1. The minimum absolute atomic E-state index is 0.0722. The fourth-order valence-corrected chi connectivity index (χ4v) is 3.45. The molecule has 1 amide bonds. The lowest BCUT2D eigenvalue weighted by Crippen LogP contribution is -2.12. The number of nitrogens with zero attached hydrogens (tertiary/aromatic N) is 2. The minimum atomic E-state index is -0.483. The molecule has 0 saturated heterocycles. The van der Waals surface area contributed by atoms with Crippen LogP contribution in [-0.4, -0.2) is 15.3 Å². The van der Waals surface area contributed by atoms with Gasteiger partial charge in [0.15, 0.2) is 4.96 Å². The molecule has 0 spiro atoms. The van der Waals surface area contributed by atoms with Gasteiger partial charge in [0.05, 0.1) is 16.3 Å². The number of halogens is 2. The SMILES string of the molecule is O=C(Nc1cccc(-c2cn3ccsc3n2)c1)c1ccc(F)cc1Cl. The summed E-state index contributed by atoms with van der Waals surface area (Å²) in [5.41, 5.74) is 2.54. The van der Waals surface area contributed by atoms with Gasteiger partial charge in [0.1, 0.15) is 5.82 Å². The zero-order valence-corrected chi connectivity index (χ0v) is 14.3. The van der Waals surface area contributed by atoms with Gasteiger partial charge in [-0.2, -0.15) is 0 Å². The van der Waals surface area contributed by atoms with Crippen LogP contribution in [0.1, 0.15) is 10.4 Å². The summed E-state index contributed by atoms with van der Waals surface area (Å²) in [6.45, 7) is 0. The van der Waals surface area contributed by atoms with Crippen molar-refractivity contribution in [1.82, 2.24) is 9.38 Å². The number of thiazole rings is 1. The van der Waals surface area contributed by atoms with Crippen LogP contribution in [0.4, 0.5) is 10.1 Å². The highest BCUT2D eigenvalue weighted by atomic mass is 35.5. The Morgan fingerprint density at radius 3 is 2.92 bits per heavy atom. The highest BCUT2D eigenvalue weighted by Crippen LogP contribution is 2.25. The average molecular weight is 372 g/mol. The fraction of sp³-hybridized carbons (Fsp3) is 0. The molecule has 0 saturated carbocycles. The van der Waals surface area contributed by atoms with Crippen molar-refractivity contribution < 1.29 is 9.18 Å². The second-order valence-electron chi connectivity index (χ2n) is 5.38. The molecule has 0 radical (unpaired) electrons. The van der Waals surface area contributed by atoms with Crippen molar-refractivity contribution in [2.24, 2.45) is 0 Å². The molecule has 25 heavy (non-hydrogen) atoms. The molecule has 0 fully saturated rings. The van der Waals surface area contributed by atoms with Crippen LogP contribution in [0.25, 0.3) is 16.2 Å². The molecule has 0 aliphatic heterocycles. The van der Waals surface area contributed by atoms with Crippen molar-refractivity contribution in [3.05, 3.63) is 76.6 Å². The van der Waals surface area contributed by atoms with Gasteiger partial charge in [-0.05, 0) is 30.3 Å². The van der Waals surface area contributed by atoms with E-state index in [1.165, 1.54) is 12.1 Å². The third kappa shape index (κ3) is 3.14. The number of carbonyl (C=O) groups excluding carboxylic acids is 1. The van der Waals surface area contributed by atoms with Crippen LogP contribution in [0.3, 0.4) is 0 Å². The number of rotatable bonds is 3. The van der Waals surface area contributed by atoms with Crippen LogP contribution in [0.5, 0.6) is 0 Å². The zero-order chi connectivity index (χ0) is 17.4. The van der Waals surface area contributed by atoms with Crippen LogP contribution in [0, 0.1) is 5.82 Å². The molecule has 124 valence electrons. The third-order valence-corrected chi connectivity index (χ3v) is 4.77. The van der Waals surface area contributed by atoms with E-state index < -0.39 is 11.7 Å². The van der Waals surface area contributed by atoms with Gasteiger partial charge in [-0.15, -0.1) is 11.3 Å². The first-order valence-corrected chi connectivity index (χ1v) is 8.65. The Morgan fingerprint density at radius 1 is 1.24 bits per heavy atom. The maximum atomic E-state index is 13.1. The number of fused-ring (bicyclic) bond motifs is 1. The summed E-state index contributed by atoms with van der Waals surface area (Å²) in [5, 5.41) is 4.82. The van der Waals surface area contributed by atoms with E-state index in [2.05, 4.69) is 10.3 Å². The zero-order valence-electron chi connectivity index (χ0n) is 12.7. The van der Waals surface area contributed by atoms with Gasteiger partial charge in [0.2, 0.25) is 0 Å². The first-order chi connectivity index (χ1) is 12.1. The van der Waals surface area contributed by atoms with Gasteiger partial charge in [-0.3, -0.25) is 9.20 Å². The largest absolute Gasteiger partial charge is 0.322 e. The lowest BCUT2D eigenvalue weighted by molar-refractivity contribution is 0.102. The second kappa shape index (κ2) is 6.31.